The topological polar surface area (TPSA) is 73.2 Å². The van der Waals surface area contributed by atoms with Gasteiger partial charge in [0.1, 0.15) is 13.2 Å². The van der Waals surface area contributed by atoms with Crippen molar-refractivity contribution in [3.8, 4) is 11.5 Å². The van der Waals surface area contributed by atoms with E-state index in [-0.39, 0.29) is 4.90 Å². The molecule has 0 bridgehead atoms. The Morgan fingerprint density at radius 2 is 1.68 bits per heavy atom. The zero-order valence-corrected chi connectivity index (χ0v) is 14.5. The molecule has 0 spiro atoms. The summed E-state index contributed by atoms with van der Waals surface area (Å²) in [6, 6.07) is 10.7. The van der Waals surface area contributed by atoms with Gasteiger partial charge in [-0.1, -0.05) is 6.07 Å². The third-order valence-electron chi connectivity index (χ3n) is 4.42. The molecular weight excluding hydrogens is 342 g/mol. The molecule has 0 unspecified atom stereocenters. The van der Waals surface area contributed by atoms with Crippen molar-refractivity contribution in [2.75, 3.05) is 44.3 Å². The smallest absolute Gasteiger partial charge is 0.274 e. The number of ether oxygens (including phenoxy) is 2. The van der Waals surface area contributed by atoms with Gasteiger partial charge in [-0.3, -0.25) is 4.90 Å². The Kier molecular flexibility index (Phi) is 4.22. The van der Waals surface area contributed by atoms with Crippen molar-refractivity contribution in [3.05, 3.63) is 42.6 Å². The van der Waals surface area contributed by atoms with E-state index in [4.69, 9.17) is 9.47 Å². The van der Waals surface area contributed by atoms with E-state index in [0.717, 1.165) is 5.82 Å². The van der Waals surface area contributed by atoms with Crippen molar-refractivity contribution in [1.29, 1.82) is 0 Å². The maximum atomic E-state index is 12.9. The van der Waals surface area contributed by atoms with Gasteiger partial charge in [0.25, 0.3) is 5.82 Å². The molecule has 4 rings (SSSR count). The number of hydrogen-bond acceptors (Lipinski definition) is 5. The fraction of sp³-hybridized carbons (Fsp3) is 0.353. The monoisotopic (exact) mass is 362 g/mol. The summed E-state index contributed by atoms with van der Waals surface area (Å²) in [5.41, 5.74) is 0. The number of benzene rings is 1. The van der Waals surface area contributed by atoms with Gasteiger partial charge < -0.3 is 9.47 Å². The summed E-state index contributed by atoms with van der Waals surface area (Å²) >= 11 is 0. The van der Waals surface area contributed by atoms with Crippen LogP contribution in [0.3, 0.4) is 0 Å². The van der Waals surface area contributed by atoms with Gasteiger partial charge in [0, 0.05) is 12.1 Å². The average Bonchev–Trinajstić information content (AvgIpc) is 2.68. The minimum Gasteiger partial charge on any atom is -0.486 e. The van der Waals surface area contributed by atoms with Gasteiger partial charge in [0.05, 0.1) is 37.3 Å². The molecule has 3 heterocycles. The van der Waals surface area contributed by atoms with Crippen molar-refractivity contribution >= 4 is 15.8 Å². The van der Waals surface area contributed by atoms with Gasteiger partial charge in [-0.15, -0.1) is 0 Å². The highest BCUT2D eigenvalue weighted by molar-refractivity contribution is 7.89. The molecule has 1 fully saturated rings. The summed E-state index contributed by atoms with van der Waals surface area (Å²) in [5, 5.41) is 0. The highest BCUT2D eigenvalue weighted by Gasteiger charge is 2.32. The molecule has 132 valence electrons. The lowest BCUT2D eigenvalue weighted by atomic mass is 10.3. The maximum absolute atomic E-state index is 12.9. The number of fused-ring (bicyclic) bond motifs is 1. The van der Waals surface area contributed by atoms with Crippen LogP contribution in [0.2, 0.25) is 0 Å². The Morgan fingerprint density at radius 1 is 0.920 bits per heavy atom. The van der Waals surface area contributed by atoms with E-state index >= 15 is 0 Å². The molecule has 1 saturated heterocycles. The Hall–Kier alpha value is -2.32. The number of hydrogen-bond donors (Lipinski definition) is 0. The minimum atomic E-state index is -3.54. The molecule has 1 N–H and O–H groups in total. The Labute approximate surface area is 146 Å². The highest BCUT2D eigenvalue weighted by Crippen LogP contribution is 2.33. The first-order valence-corrected chi connectivity index (χ1v) is 9.70. The van der Waals surface area contributed by atoms with Gasteiger partial charge in [-0.2, -0.15) is 4.31 Å². The Balaban J connectivity index is 1.50. The van der Waals surface area contributed by atoms with E-state index in [9.17, 15) is 8.42 Å². The Bertz CT molecular complexity index is 849. The van der Waals surface area contributed by atoms with Crippen LogP contribution in [-0.2, 0) is 10.0 Å². The standard InChI is InChI=1S/C17H19N3O4S/c21-25(22,14-4-5-15-16(13-14)24-12-11-23-15)20-9-7-19(8-10-20)17-3-1-2-6-18-17/h1-6,13H,7-12H2/p+1. The lowest BCUT2D eigenvalue weighted by molar-refractivity contribution is -0.364. The highest BCUT2D eigenvalue weighted by atomic mass is 32.2. The third kappa shape index (κ3) is 3.14. The summed E-state index contributed by atoms with van der Waals surface area (Å²) in [4.78, 5) is 5.58. The second-order valence-corrected chi connectivity index (χ2v) is 7.88. The van der Waals surface area contributed by atoms with Crippen LogP contribution < -0.4 is 19.4 Å². The maximum Gasteiger partial charge on any atom is 0.274 e. The van der Waals surface area contributed by atoms with Crippen LogP contribution in [0.5, 0.6) is 11.5 Å². The first-order chi connectivity index (χ1) is 12.1. The van der Waals surface area contributed by atoms with Gasteiger partial charge in [0.15, 0.2) is 11.5 Å². The Morgan fingerprint density at radius 3 is 2.40 bits per heavy atom. The van der Waals surface area contributed by atoms with E-state index in [1.807, 2.05) is 24.4 Å². The van der Waals surface area contributed by atoms with Gasteiger partial charge in [-0.25, -0.2) is 13.4 Å². The normalized spacial score (nSPS) is 18.2. The zero-order valence-electron chi connectivity index (χ0n) is 13.7. The molecule has 1 aromatic heterocycles. The van der Waals surface area contributed by atoms with E-state index in [0.29, 0.717) is 50.9 Å². The number of nitrogens with one attached hydrogen (secondary N) is 1. The summed E-state index contributed by atoms with van der Waals surface area (Å²) in [5.74, 6) is 2.08. The zero-order chi connectivity index (χ0) is 17.3. The van der Waals surface area contributed by atoms with E-state index in [1.165, 1.54) is 4.31 Å². The predicted octanol–water partition coefficient (Wildman–Crippen LogP) is 0.783. The second-order valence-electron chi connectivity index (χ2n) is 5.94. The van der Waals surface area contributed by atoms with Crippen LogP contribution in [0.25, 0.3) is 0 Å². The summed E-state index contributed by atoms with van der Waals surface area (Å²) in [7, 11) is -3.54. The molecule has 25 heavy (non-hydrogen) atoms. The largest absolute Gasteiger partial charge is 0.486 e. The molecule has 2 aromatic rings. The van der Waals surface area contributed by atoms with Crippen molar-refractivity contribution in [1.82, 2.24) is 4.31 Å². The average molecular weight is 362 g/mol. The van der Waals surface area contributed by atoms with Gasteiger partial charge in [0.2, 0.25) is 10.0 Å². The lowest BCUT2D eigenvalue weighted by Crippen LogP contribution is -2.49. The molecule has 1 aromatic carbocycles. The molecule has 0 aliphatic carbocycles. The van der Waals surface area contributed by atoms with Crippen molar-refractivity contribution in [2.24, 2.45) is 0 Å². The van der Waals surface area contributed by atoms with Crippen molar-refractivity contribution < 1.29 is 22.9 Å². The van der Waals surface area contributed by atoms with Crippen molar-refractivity contribution in [3.63, 3.8) is 0 Å². The molecular formula is C17H20N3O4S+. The van der Waals surface area contributed by atoms with E-state index in [1.54, 1.807) is 18.2 Å². The lowest BCUT2D eigenvalue weighted by Gasteiger charge is -2.30. The van der Waals surface area contributed by atoms with Crippen LogP contribution in [-0.4, -0.2) is 52.1 Å². The summed E-state index contributed by atoms with van der Waals surface area (Å²) in [6.45, 7) is 3.09. The predicted molar refractivity (Wildman–Crippen MR) is 91.4 cm³/mol. The second kappa shape index (κ2) is 6.53. The van der Waals surface area contributed by atoms with Crippen LogP contribution in [0, 0.1) is 0 Å². The number of nitrogens with zero attached hydrogens (tertiary/aromatic N) is 2. The van der Waals surface area contributed by atoms with Crippen LogP contribution in [0.15, 0.2) is 47.5 Å². The molecule has 0 amide bonds. The molecule has 8 heteroatoms. The fourth-order valence-electron chi connectivity index (χ4n) is 3.08. The van der Waals surface area contributed by atoms with Crippen LogP contribution >= 0.6 is 0 Å². The minimum absolute atomic E-state index is 0.247. The summed E-state index contributed by atoms with van der Waals surface area (Å²) in [6.07, 6.45) is 1.87. The third-order valence-corrected chi connectivity index (χ3v) is 6.32. The molecule has 0 saturated carbocycles. The van der Waals surface area contributed by atoms with E-state index in [2.05, 4.69) is 9.88 Å². The first kappa shape index (κ1) is 16.2. The number of piperazine rings is 1. The number of anilines is 1. The summed E-state index contributed by atoms with van der Waals surface area (Å²) < 4.78 is 38.3. The number of rotatable bonds is 3. The van der Waals surface area contributed by atoms with Gasteiger partial charge in [-0.05, 0) is 18.2 Å². The van der Waals surface area contributed by atoms with E-state index < -0.39 is 10.0 Å². The number of aromatic nitrogens is 1. The molecule has 0 radical (unpaired) electrons. The molecule has 7 nitrogen and oxygen atoms in total. The first-order valence-electron chi connectivity index (χ1n) is 8.26. The molecule has 2 aliphatic rings. The van der Waals surface area contributed by atoms with Gasteiger partial charge >= 0.3 is 0 Å². The fourth-order valence-corrected chi connectivity index (χ4v) is 4.52. The number of pyridine rings is 1. The number of sulfonamides is 1. The molecule has 2 aliphatic heterocycles. The SMILES string of the molecule is O=S(=O)(c1ccc2c(c1)OCCO2)N1CCN(c2cccc[nH+]2)CC1. The molecule has 0 atom stereocenters. The quantitative estimate of drug-likeness (QED) is 0.807. The number of H-pyrrole nitrogens is 1. The van der Waals surface area contributed by atoms with Crippen LogP contribution in [0.1, 0.15) is 0 Å². The van der Waals surface area contributed by atoms with Crippen molar-refractivity contribution in [2.45, 2.75) is 4.90 Å². The number of aromatic amines is 1. The van der Waals surface area contributed by atoms with Crippen LogP contribution in [0.4, 0.5) is 5.82 Å².